The number of nitrogens with zero attached hydrogens (tertiary/aromatic N) is 3. The number of hydrogen-bond donors (Lipinski definition) is 2. The van der Waals surface area contributed by atoms with Crippen LogP contribution in [-0.2, 0) is 6.54 Å². The fourth-order valence-corrected chi connectivity index (χ4v) is 10.7. The van der Waals surface area contributed by atoms with Crippen molar-refractivity contribution in [3.63, 3.8) is 0 Å². The molecule has 0 saturated heterocycles. The maximum absolute atomic E-state index is 13.7. The van der Waals surface area contributed by atoms with E-state index in [4.69, 9.17) is 28.9 Å². The van der Waals surface area contributed by atoms with Gasteiger partial charge in [-0.2, -0.15) is 0 Å². The molecule has 0 atom stereocenters. The van der Waals surface area contributed by atoms with E-state index < -0.39 is 5.97 Å². The van der Waals surface area contributed by atoms with Crippen LogP contribution >= 0.6 is 0 Å². The molecule has 0 amide bonds. The third kappa shape index (κ3) is 8.67. The van der Waals surface area contributed by atoms with E-state index in [1.807, 2.05) is 84.9 Å². The van der Waals surface area contributed by atoms with Gasteiger partial charge in [0.15, 0.2) is 0 Å². The zero-order valence-corrected chi connectivity index (χ0v) is 42.4. The lowest BCUT2D eigenvalue weighted by atomic mass is 10.0. The van der Waals surface area contributed by atoms with Crippen LogP contribution < -0.4 is 18.9 Å². The molecule has 2 aliphatic rings. The molecule has 0 spiro atoms. The van der Waals surface area contributed by atoms with Gasteiger partial charge >= 0.3 is 5.97 Å². The molecular weight excluding hydrogens is 955 g/mol. The number of aromatic amines is 2. The molecule has 10 nitrogen and oxygen atoms in total. The van der Waals surface area contributed by atoms with Crippen molar-refractivity contribution in [2.24, 2.45) is 0 Å². The van der Waals surface area contributed by atoms with Crippen molar-refractivity contribution in [2.45, 2.75) is 6.54 Å². The number of fused-ring (bicyclic) bond motifs is 11. The number of benzene rings is 7. The van der Waals surface area contributed by atoms with Gasteiger partial charge in [-0.3, -0.25) is 0 Å². The lowest BCUT2D eigenvalue weighted by Gasteiger charge is -2.10. The monoisotopic (exact) mass is 1000 g/mol. The number of esters is 1. The van der Waals surface area contributed by atoms with Crippen molar-refractivity contribution < 1.29 is 23.7 Å². The zero-order valence-electron chi connectivity index (χ0n) is 42.4. The van der Waals surface area contributed by atoms with E-state index in [0.29, 0.717) is 17.9 Å². The van der Waals surface area contributed by atoms with Crippen LogP contribution in [0.1, 0.15) is 38.7 Å². The van der Waals surface area contributed by atoms with Crippen LogP contribution in [0.4, 0.5) is 0 Å². The number of nitrogens with one attached hydrogen (secondary N) is 2. The summed E-state index contributed by atoms with van der Waals surface area (Å²) in [5, 5.41) is 2.44. The normalized spacial score (nSPS) is 11.8. The molecule has 0 saturated carbocycles. The Balaban J connectivity index is 0.932. The molecule has 10 heteroatoms. The molecule has 0 unspecified atom stereocenters. The smallest absolute Gasteiger partial charge is 0.343 e. The molecule has 11 aromatic rings. The minimum atomic E-state index is -0.441. The van der Waals surface area contributed by atoms with E-state index in [0.717, 1.165) is 112 Å². The lowest BCUT2D eigenvalue weighted by molar-refractivity contribution is 0.0734. The summed E-state index contributed by atoms with van der Waals surface area (Å²) in [6.07, 6.45) is 8.28. The Kier molecular flexibility index (Phi) is 11.8. The van der Waals surface area contributed by atoms with Crippen LogP contribution in [-0.4, -0.2) is 51.8 Å². The van der Waals surface area contributed by atoms with E-state index in [9.17, 15) is 4.79 Å². The van der Waals surface area contributed by atoms with Crippen molar-refractivity contribution in [2.75, 3.05) is 21.3 Å². The Morgan fingerprint density at radius 1 is 0.403 bits per heavy atom. The second-order valence-electron chi connectivity index (χ2n) is 18.9. The van der Waals surface area contributed by atoms with E-state index in [1.54, 1.807) is 21.3 Å². The van der Waals surface area contributed by atoms with Gasteiger partial charge in [-0.25, -0.2) is 14.8 Å². The van der Waals surface area contributed by atoms with Crippen LogP contribution in [0.5, 0.6) is 23.0 Å². The van der Waals surface area contributed by atoms with Gasteiger partial charge in [0, 0.05) is 72.7 Å². The maximum Gasteiger partial charge on any atom is 0.343 e. The number of H-pyrrole nitrogens is 2. The summed E-state index contributed by atoms with van der Waals surface area (Å²) in [6, 6.07) is 64.7. The Labute approximate surface area is 443 Å². The summed E-state index contributed by atoms with van der Waals surface area (Å²) in [6.45, 7) is 0.663. The molecule has 13 rings (SSSR count). The number of rotatable bonds is 11. The predicted molar refractivity (Wildman–Crippen MR) is 310 cm³/mol. The summed E-state index contributed by atoms with van der Waals surface area (Å²) in [5.74, 6) is 2.24. The SMILES string of the molecule is COc1ccc(-c2c3nc(c(-c4ccc(OC)cc4)c4ccc([nH]4)c(-c4ccc(OC(=O)c5ccc(Cn6c7ccccc7c7ccccc76)cc5)cc4)c4nc(c(-c5ccc(OC)cc5)c5ccc2[nH]5)C=C4)C=C3)cc1. The first-order valence-electron chi connectivity index (χ1n) is 25.4. The minimum Gasteiger partial charge on any atom is -0.497 e. The molecule has 6 heterocycles. The number of carbonyl (C=O) groups excluding carboxylic acids is 1. The van der Waals surface area contributed by atoms with Gasteiger partial charge in [0.05, 0.1) is 49.7 Å². The molecule has 0 radical (unpaired) electrons. The van der Waals surface area contributed by atoms with Crippen molar-refractivity contribution in [3.8, 4) is 67.5 Å². The number of aromatic nitrogens is 5. The Morgan fingerprint density at radius 2 is 0.740 bits per heavy atom. The van der Waals surface area contributed by atoms with E-state index in [-0.39, 0.29) is 0 Å². The fraction of sp³-hybridized carbons (Fsp3) is 0.0597. The molecule has 8 bridgehead atoms. The van der Waals surface area contributed by atoms with Crippen molar-refractivity contribution >= 4 is 74.1 Å². The van der Waals surface area contributed by atoms with Gasteiger partial charge in [0.25, 0.3) is 0 Å². The summed E-state index contributed by atoms with van der Waals surface area (Å²) in [4.78, 5) is 32.3. The molecule has 372 valence electrons. The standard InChI is InChI=1S/C67H49N5O5/c1-74-47-24-16-42(17-25-47)63-53-32-34-55(68-53)64(43-18-26-48(75-2)27-19-43)57-36-38-59(70-57)66(60-39-37-58(71-60)65(56-35-33-54(63)69-56)44-20-28-49(76-3)29-21-44)45-22-30-50(31-23-45)77-67(73)46-14-12-41(13-15-46)40-72-61-10-6-4-8-51(61)52-9-5-7-11-62(52)72/h4-39,68,71H,40H2,1-3H3. The summed E-state index contributed by atoms with van der Waals surface area (Å²) in [5.41, 5.74) is 17.8. The quantitative estimate of drug-likeness (QED) is 0.0979. The van der Waals surface area contributed by atoms with Crippen LogP contribution in [0, 0.1) is 0 Å². The number of carbonyl (C=O) groups is 1. The number of para-hydroxylation sites is 2. The fourth-order valence-electron chi connectivity index (χ4n) is 10.7. The molecule has 7 aromatic carbocycles. The predicted octanol–water partition coefficient (Wildman–Crippen LogP) is 15.7. The first-order valence-corrected chi connectivity index (χ1v) is 25.4. The van der Waals surface area contributed by atoms with Gasteiger partial charge in [-0.15, -0.1) is 0 Å². The van der Waals surface area contributed by atoms with E-state index in [1.165, 1.54) is 21.8 Å². The maximum atomic E-state index is 13.7. The Hall–Kier alpha value is -10.2. The average Bonchev–Trinajstić information content (AvgIpc) is 4.40. The van der Waals surface area contributed by atoms with Crippen LogP contribution in [0.15, 0.2) is 194 Å². The first kappa shape index (κ1) is 46.6. The van der Waals surface area contributed by atoms with Crippen LogP contribution in [0.3, 0.4) is 0 Å². The minimum absolute atomic E-state index is 0.418. The largest absolute Gasteiger partial charge is 0.497 e. The number of hydrogen-bond acceptors (Lipinski definition) is 7. The highest BCUT2D eigenvalue weighted by Gasteiger charge is 2.20. The van der Waals surface area contributed by atoms with Crippen molar-refractivity contribution in [1.82, 2.24) is 24.5 Å². The highest BCUT2D eigenvalue weighted by Crippen LogP contribution is 2.40. The molecule has 4 aromatic heterocycles. The van der Waals surface area contributed by atoms with Gasteiger partial charge in [0.2, 0.25) is 0 Å². The summed E-state index contributed by atoms with van der Waals surface area (Å²) >= 11 is 0. The number of methoxy groups -OCH3 is 3. The highest BCUT2D eigenvalue weighted by atomic mass is 16.5. The van der Waals surface area contributed by atoms with Crippen molar-refractivity contribution in [1.29, 1.82) is 0 Å². The lowest BCUT2D eigenvalue weighted by Crippen LogP contribution is -2.08. The molecule has 77 heavy (non-hydrogen) atoms. The van der Waals surface area contributed by atoms with Gasteiger partial charge in [-0.05, 0) is 149 Å². The third-order valence-electron chi connectivity index (χ3n) is 14.5. The third-order valence-corrected chi connectivity index (χ3v) is 14.5. The first-order chi connectivity index (χ1) is 37.9. The molecular formula is C67H49N5O5. The molecule has 0 fully saturated rings. The molecule has 0 aliphatic carbocycles. The van der Waals surface area contributed by atoms with E-state index in [2.05, 4.69) is 148 Å². The zero-order chi connectivity index (χ0) is 52.0. The van der Waals surface area contributed by atoms with Crippen molar-refractivity contribution in [3.05, 3.63) is 228 Å². The molecule has 2 aliphatic heterocycles. The Bertz CT molecular complexity index is 4220. The van der Waals surface area contributed by atoms with Gasteiger partial charge < -0.3 is 33.5 Å². The summed E-state index contributed by atoms with van der Waals surface area (Å²) in [7, 11) is 5.01. The average molecular weight is 1000 g/mol. The second kappa shape index (κ2) is 19.6. The van der Waals surface area contributed by atoms with Gasteiger partial charge in [0.1, 0.15) is 23.0 Å². The topological polar surface area (TPSA) is 116 Å². The number of ether oxygens (including phenoxy) is 4. The second-order valence-corrected chi connectivity index (χ2v) is 18.9. The van der Waals surface area contributed by atoms with E-state index >= 15 is 0 Å². The van der Waals surface area contributed by atoms with Crippen LogP contribution in [0.25, 0.3) is 113 Å². The molecule has 2 N–H and O–H groups in total. The Morgan fingerprint density at radius 3 is 1.09 bits per heavy atom. The highest BCUT2D eigenvalue weighted by molar-refractivity contribution is 6.08. The summed E-state index contributed by atoms with van der Waals surface area (Å²) < 4.78 is 25.1. The van der Waals surface area contributed by atoms with Crippen LogP contribution in [0.2, 0.25) is 0 Å². The van der Waals surface area contributed by atoms with Gasteiger partial charge in [-0.1, -0.05) is 97.1 Å².